The second-order valence-electron chi connectivity index (χ2n) is 21.3. The molecule has 6 heteroatoms. The Hall–Kier alpha value is -3.41. The van der Waals surface area contributed by atoms with Crippen molar-refractivity contribution in [2.75, 3.05) is 13.2 Å². The molecule has 0 spiro atoms. The van der Waals surface area contributed by atoms with Gasteiger partial charge in [-0.3, -0.25) is 14.4 Å². The summed E-state index contributed by atoms with van der Waals surface area (Å²) in [7, 11) is 0. The Morgan fingerprint density at radius 3 is 0.853 bits per heavy atom. The van der Waals surface area contributed by atoms with Crippen LogP contribution in [0.1, 0.15) is 316 Å². The number of hydrogen-bond donors (Lipinski definition) is 0. The van der Waals surface area contributed by atoms with Crippen molar-refractivity contribution in [1.29, 1.82) is 0 Å². The van der Waals surface area contributed by atoms with E-state index in [2.05, 4.69) is 106 Å². The van der Waals surface area contributed by atoms with Crippen molar-refractivity contribution in [1.82, 2.24) is 0 Å². The van der Waals surface area contributed by atoms with Crippen molar-refractivity contribution in [3.63, 3.8) is 0 Å². The molecule has 0 saturated heterocycles. The highest BCUT2D eigenvalue weighted by Crippen LogP contribution is 2.16. The molecule has 0 aliphatic heterocycles. The second kappa shape index (κ2) is 63.1. The highest BCUT2D eigenvalue weighted by Gasteiger charge is 2.19. The first-order chi connectivity index (χ1) is 37.0. The average molecular weight is 1050 g/mol. The van der Waals surface area contributed by atoms with Crippen LogP contribution in [0.4, 0.5) is 0 Å². The monoisotopic (exact) mass is 1040 g/mol. The van der Waals surface area contributed by atoms with Gasteiger partial charge in [-0.25, -0.2) is 0 Å². The first-order valence-electron chi connectivity index (χ1n) is 32.1. The lowest BCUT2D eigenvalue weighted by atomic mass is 10.0. The summed E-state index contributed by atoms with van der Waals surface area (Å²) in [5.41, 5.74) is 0. The highest BCUT2D eigenvalue weighted by atomic mass is 16.6. The second-order valence-corrected chi connectivity index (χ2v) is 21.3. The predicted octanol–water partition coefficient (Wildman–Crippen LogP) is 21.9. The molecule has 0 saturated carbocycles. The maximum Gasteiger partial charge on any atom is 0.306 e. The van der Waals surface area contributed by atoms with E-state index in [1.54, 1.807) is 0 Å². The van der Waals surface area contributed by atoms with Gasteiger partial charge in [0.05, 0.1) is 0 Å². The summed E-state index contributed by atoms with van der Waals surface area (Å²) >= 11 is 0. The van der Waals surface area contributed by atoms with E-state index in [4.69, 9.17) is 14.2 Å². The van der Waals surface area contributed by atoms with Crippen molar-refractivity contribution >= 4 is 17.9 Å². The van der Waals surface area contributed by atoms with E-state index in [-0.39, 0.29) is 31.1 Å². The van der Waals surface area contributed by atoms with Gasteiger partial charge < -0.3 is 14.2 Å². The molecule has 75 heavy (non-hydrogen) atoms. The molecule has 0 radical (unpaired) electrons. The quantitative estimate of drug-likeness (QED) is 0.0261. The molecule has 0 heterocycles. The Morgan fingerprint density at radius 1 is 0.280 bits per heavy atom. The number of esters is 3. The van der Waals surface area contributed by atoms with Crippen LogP contribution in [0.3, 0.4) is 0 Å². The molecule has 0 aliphatic rings. The van der Waals surface area contributed by atoms with Crippen LogP contribution in [0, 0.1) is 0 Å². The third kappa shape index (κ3) is 61.3. The van der Waals surface area contributed by atoms with Crippen LogP contribution in [-0.4, -0.2) is 37.2 Å². The van der Waals surface area contributed by atoms with Gasteiger partial charge in [-0.1, -0.05) is 266 Å². The van der Waals surface area contributed by atoms with E-state index in [1.165, 1.54) is 173 Å². The minimum atomic E-state index is -0.793. The van der Waals surface area contributed by atoms with Crippen LogP contribution in [0.5, 0.6) is 0 Å². The lowest BCUT2D eigenvalue weighted by molar-refractivity contribution is -0.167. The molecule has 0 unspecified atom stereocenters. The first-order valence-corrected chi connectivity index (χ1v) is 32.1. The predicted molar refractivity (Wildman–Crippen MR) is 325 cm³/mol. The minimum Gasteiger partial charge on any atom is -0.462 e. The molecule has 0 bridgehead atoms. The van der Waals surface area contributed by atoms with E-state index in [1.807, 2.05) is 0 Å². The maximum absolute atomic E-state index is 12.9. The number of carbonyl (C=O) groups is 3. The highest BCUT2D eigenvalue weighted by molar-refractivity contribution is 5.71. The van der Waals surface area contributed by atoms with Gasteiger partial charge >= 0.3 is 17.9 Å². The molecule has 0 aromatic carbocycles. The van der Waals surface area contributed by atoms with Gasteiger partial charge in [0, 0.05) is 19.3 Å². The molecule has 0 aromatic rings. The maximum atomic E-state index is 12.9. The zero-order chi connectivity index (χ0) is 54.3. The normalized spacial score (nSPS) is 12.6. The summed E-state index contributed by atoms with van der Waals surface area (Å²) in [6, 6.07) is 0. The minimum absolute atomic E-state index is 0.0871. The van der Waals surface area contributed by atoms with Crippen molar-refractivity contribution in [2.45, 2.75) is 322 Å². The largest absolute Gasteiger partial charge is 0.462 e. The van der Waals surface area contributed by atoms with Crippen LogP contribution in [0.2, 0.25) is 0 Å². The number of allylic oxidation sites excluding steroid dienone is 14. The van der Waals surface area contributed by atoms with Crippen molar-refractivity contribution < 1.29 is 28.6 Å². The summed E-state index contributed by atoms with van der Waals surface area (Å²) in [5, 5.41) is 0. The number of ether oxygens (including phenoxy) is 3. The Balaban J connectivity index is 4.39. The van der Waals surface area contributed by atoms with Gasteiger partial charge in [0.1, 0.15) is 13.2 Å². The summed E-state index contributed by atoms with van der Waals surface area (Å²) in [6.07, 6.45) is 83.0. The van der Waals surface area contributed by atoms with Crippen LogP contribution in [-0.2, 0) is 28.6 Å². The van der Waals surface area contributed by atoms with Crippen LogP contribution in [0.25, 0.3) is 0 Å². The van der Waals surface area contributed by atoms with Gasteiger partial charge in [-0.15, -0.1) is 0 Å². The first kappa shape index (κ1) is 71.6. The van der Waals surface area contributed by atoms with E-state index in [0.29, 0.717) is 19.3 Å². The van der Waals surface area contributed by atoms with Gasteiger partial charge in [-0.2, -0.15) is 0 Å². The van der Waals surface area contributed by atoms with Crippen molar-refractivity contribution in [2.24, 2.45) is 0 Å². The summed E-state index contributed by atoms with van der Waals surface area (Å²) < 4.78 is 16.9. The number of rotatable bonds is 58. The fourth-order valence-electron chi connectivity index (χ4n) is 9.05. The van der Waals surface area contributed by atoms with Crippen LogP contribution in [0.15, 0.2) is 85.1 Å². The Morgan fingerprint density at radius 2 is 0.520 bits per heavy atom. The molecule has 0 aromatic heterocycles. The summed E-state index contributed by atoms with van der Waals surface area (Å²) in [5.74, 6) is -0.904. The zero-order valence-electron chi connectivity index (χ0n) is 49.6. The van der Waals surface area contributed by atoms with E-state index < -0.39 is 6.10 Å². The molecule has 1 atom stereocenters. The molecule has 0 N–H and O–H groups in total. The average Bonchev–Trinajstić information content (AvgIpc) is 3.41. The lowest BCUT2D eigenvalue weighted by Crippen LogP contribution is -2.30. The van der Waals surface area contributed by atoms with Crippen LogP contribution >= 0.6 is 0 Å². The van der Waals surface area contributed by atoms with E-state index in [9.17, 15) is 14.4 Å². The standard InChI is InChI=1S/C69H120O6/c1-4-7-10-13-16-19-22-25-28-31-33-34-36-39-41-44-47-50-53-56-59-62-68(71)74-65-66(75-69(72)63-60-57-54-51-48-45-42-37-30-27-24-21-18-15-12-9-6-3)64-73-67(70)61-58-55-52-49-46-43-40-38-35-32-29-26-23-20-17-14-11-8-5-2/h9,12,17-18,20-21,25-30,42,45,66H,4-8,10-11,13-16,19,22-24,31-41,43-44,46-65H2,1-3H3/b12-9-,20-17-,21-18-,28-25-,29-26-,30-27-,45-42-/t66-/m1/s1. The molecule has 0 aliphatic carbocycles. The fourth-order valence-corrected chi connectivity index (χ4v) is 9.05. The zero-order valence-corrected chi connectivity index (χ0v) is 49.6. The molecule has 0 fully saturated rings. The number of hydrogen-bond acceptors (Lipinski definition) is 6. The number of unbranched alkanes of at least 4 members (excludes halogenated alkanes) is 33. The molecule has 0 rings (SSSR count). The van der Waals surface area contributed by atoms with Crippen LogP contribution < -0.4 is 0 Å². The van der Waals surface area contributed by atoms with Crippen molar-refractivity contribution in [3.05, 3.63) is 85.1 Å². The molecular weight excluding hydrogens is 925 g/mol. The molecular formula is C69H120O6. The SMILES string of the molecule is CC/C=C\C/C=C\C/C=C\C/C=C\CCCCCCC(=O)O[C@H](COC(=O)CCCCCCCCCCC/C=C\C/C=C\CCCCC)COC(=O)CCCCCCCCCCCCC/C=C\CCCCCCCC. The summed E-state index contributed by atoms with van der Waals surface area (Å²) in [6.45, 7) is 6.51. The molecule has 432 valence electrons. The molecule has 0 amide bonds. The van der Waals surface area contributed by atoms with E-state index >= 15 is 0 Å². The van der Waals surface area contributed by atoms with E-state index in [0.717, 1.165) is 103 Å². The molecule has 6 nitrogen and oxygen atoms in total. The summed E-state index contributed by atoms with van der Waals surface area (Å²) in [4.78, 5) is 38.3. The Kier molecular flexibility index (Phi) is 60.3. The Bertz CT molecular complexity index is 1430. The number of carbonyl (C=O) groups excluding carboxylic acids is 3. The fraction of sp³-hybridized carbons (Fsp3) is 0.754. The third-order valence-electron chi connectivity index (χ3n) is 13.9. The van der Waals surface area contributed by atoms with Gasteiger partial charge in [0.25, 0.3) is 0 Å². The van der Waals surface area contributed by atoms with Gasteiger partial charge in [-0.05, 0) is 116 Å². The third-order valence-corrected chi connectivity index (χ3v) is 13.9. The van der Waals surface area contributed by atoms with Gasteiger partial charge in [0.15, 0.2) is 6.10 Å². The topological polar surface area (TPSA) is 78.9 Å². The Labute approximate surface area is 465 Å². The lowest BCUT2D eigenvalue weighted by Gasteiger charge is -2.18. The smallest absolute Gasteiger partial charge is 0.306 e. The van der Waals surface area contributed by atoms with Crippen molar-refractivity contribution in [3.8, 4) is 0 Å². The van der Waals surface area contributed by atoms with Gasteiger partial charge in [0.2, 0.25) is 0 Å².